The van der Waals surface area contributed by atoms with Gasteiger partial charge in [-0.1, -0.05) is 37.2 Å². The van der Waals surface area contributed by atoms with E-state index >= 15 is 0 Å². The van der Waals surface area contributed by atoms with Crippen LogP contribution in [0.15, 0.2) is 28.2 Å². The predicted molar refractivity (Wildman–Crippen MR) is 106 cm³/mol. The van der Waals surface area contributed by atoms with Crippen molar-refractivity contribution in [3.63, 3.8) is 0 Å². The van der Waals surface area contributed by atoms with Crippen molar-refractivity contribution < 1.29 is 14.3 Å². The number of nitrogens with one attached hydrogen (secondary N) is 1. The molecule has 2 aromatic rings. The Labute approximate surface area is 166 Å². The number of halogens is 1. The van der Waals surface area contributed by atoms with Crippen LogP contribution in [0, 0.1) is 5.92 Å². The van der Waals surface area contributed by atoms with E-state index in [4.69, 9.17) is 11.6 Å². The van der Waals surface area contributed by atoms with Gasteiger partial charge in [0.1, 0.15) is 0 Å². The topological polar surface area (TPSA) is 90.3 Å². The van der Waals surface area contributed by atoms with Crippen molar-refractivity contribution in [2.75, 3.05) is 7.11 Å². The zero-order valence-electron chi connectivity index (χ0n) is 15.6. The van der Waals surface area contributed by atoms with E-state index in [-0.39, 0.29) is 5.56 Å². The molecule has 2 amide bonds. The molecular formula is C18H22ClN3O4S. The van der Waals surface area contributed by atoms with Crippen molar-refractivity contribution >= 4 is 46.3 Å². The van der Waals surface area contributed by atoms with Gasteiger partial charge < -0.3 is 4.74 Å². The molecule has 0 unspecified atom stereocenters. The first kappa shape index (κ1) is 21.2. The number of thioether (sulfide) groups is 1. The highest BCUT2D eigenvalue weighted by atomic mass is 35.5. The van der Waals surface area contributed by atoms with Crippen LogP contribution in [0.25, 0.3) is 10.9 Å². The first-order valence-corrected chi connectivity index (χ1v) is 9.74. The number of imide groups is 1. The van der Waals surface area contributed by atoms with Crippen LogP contribution in [0.5, 0.6) is 0 Å². The zero-order valence-corrected chi connectivity index (χ0v) is 17.2. The minimum Gasteiger partial charge on any atom is -0.453 e. The van der Waals surface area contributed by atoms with Crippen molar-refractivity contribution in [3.8, 4) is 0 Å². The van der Waals surface area contributed by atoms with Crippen LogP contribution in [0.3, 0.4) is 0 Å². The Morgan fingerprint density at radius 3 is 2.67 bits per heavy atom. The van der Waals surface area contributed by atoms with Crippen molar-refractivity contribution in [1.82, 2.24) is 14.9 Å². The van der Waals surface area contributed by atoms with Crippen molar-refractivity contribution in [2.24, 2.45) is 5.92 Å². The normalized spacial score (nSPS) is 12.2. The summed E-state index contributed by atoms with van der Waals surface area (Å²) in [5, 5.41) is 2.82. The smallest absolute Gasteiger partial charge is 0.413 e. The van der Waals surface area contributed by atoms with Gasteiger partial charge in [0.2, 0.25) is 5.91 Å². The monoisotopic (exact) mass is 411 g/mol. The van der Waals surface area contributed by atoms with Crippen LogP contribution < -0.4 is 10.9 Å². The van der Waals surface area contributed by atoms with Gasteiger partial charge >= 0.3 is 6.09 Å². The lowest BCUT2D eigenvalue weighted by Gasteiger charge is -2.16. The molecule has 0 aliphatic heterocycles. The van der Waals surface area contributed by atoms with Crippen LogP contribution in [0.2, 0.25) is 5.02 Å². The summed E-state index contributed by atoms with van der Waals surface area (Å²) in [6.45, 7) is 6.25. The molecule has 0 aliphatic rings. The average molecular weight is 412 g/mol. The summed E-state index contributed by atoms with van der Waals surface area (Å²) >= 11 is 7.13. The van der Waals surface area contributed by atoms with Gasteiger partial charge in [0.25, 0.3) is 5.56 Å². The Balaban J connectivity index is 2.42. The molecule has 1 N–H and O–H groups in total. The number of benzene rings is 1. The summed E-state index contributed by atoms with van der Waals surface area (Å²) in [5.74, 6) is -0.126. The zero-order chi connectivity index (χ0) is 20.1. The lowest BCUT2D eigenvalue weighted by atomic mass is 10.1. The standard InChI is InChI=1S/C18H22ClN3O4S/c1-10(2)7-8-22-16(24)13-6-5-12(19)9-14(13)20-17(22)27-11(3)15(23)21-18(25)26-4/h5-6,9-11H,7-8H2,1-4H3,(H,21,23,25)/t11-/m0/s1. The number of rotatable bonds is 6. The van der Waals surface area contributed by atoms with E-state index in [1.807, 2.05) is 0 Å². The average Bonchev–Trinajstić information content (AvgIpc) is 2.60. The summed E-state index contributed by atoms with van der Waals surface area (Å²) in [4.78, 5) is 40.9. The lowest BCUT2D eigenvalue weighted by Crippen LogP contribution is -2.36. The highest BCUT2D eigenvalue weighted by molar-refractivity contribution is 8.00. The van der Waals surface area contributed by atoms with E-state index in [0.29, 0.717) is 33.5 Å². The second-order valence-corrected chi connectivity index (χ2v) is 8.18. The van der Waals surface area contributed by atoms with E-state index in [1.54, 1.807) is 29.7 Å². The molecule has 0 spiro atoms. The fourth-order valence-corrected chi connectivity index (χ4v) is 3.41. The van der Waals surface area contributed by atoms with Gasteiger partial charge in [-0.2, -0.15) is 0 Å². The number of fused-ring (bicyclic) bond motifs is 1. The van der Waals surface area contributed by atoms with Crippen LogP contribution in [-0.2, 0) is 16.1 Å². The van der Waals surface area contributed by atoms with E-state index in [1.165, 1.54) is 7.11 Å². The van der Waals surface area contributed by atoms with Gasteiger partial charge in [0.15, 0.2) is 5.16 Å². The van der Waals surface area contributed by atoms with Gasteiger partial charge in [-0.3, -0.25) is 19.5 Å². The van der Waals surface area contributed by atoms with Gasteiger partial charge in [-0.05, 0) is 37.5 Å². The van der Waals surface area contributed by atoms with Crippen molar-refractivity contribution in [3.05, 3.63) is 33.6 Å². The molecule has 0 saturated heterocycles. The van der Waals surface area contributed by atoms with Gasteiger partial charge in [0, 0.05) is 11.6 Å². The molecule has 2 rings (SSSR count). The Hall–Kier alpha value is -2.06. The van der Waals surface area contributed by atoms with Gasteiger partial charge in [0.05, 0.1) is 23.3 Å². The van der Waals surface area contributed by atoms with E-state index in [2.05, 4.69) is 28.9 Å². The molecule has 1 atom stereocenters. The third kappa shape index (κ3) is 5.46. The molecule has 27 heavy (non-hydrogen) atoms. The number of nitrogens with zero attached hydrogens (tertiary/aromatic N) is 2. The third-order valence-corrected chi connectivity index (χ3v) is 5.20. The van der Waals surface area contributed by atoms with Crippen LogP contribution in [-0.4, -0.2) is 33.9 Å². The molecule has 0 radical (unpaired) electrons. The fraction of sp³-hybridized carbons (Fsp3) is 0.444. The number of ether oxygens (including phenoxy) is 1. The molecule has 0 bridgehead atoms. The number of amides is 2. The fourth-order valence-electron chi connectivity index (χ4n) is 2.31. The molecule has 1 heterocycles. The molecule has 1 aromatic carbocycles. The first-order valence-electron chi connectivity index (χ1n) is 8.48. The molecule has 146 valence electrons. The second kappa shape index (κ2) is 9.23. The van der Waals surface area contributed by atoms with E-state index < -0.39 is 17.3 Å². The number of methoxy groups -OCH3 is 1. The lowest BCUT2D eigenvalue weighted by molar-refractivity contribution is -0.119. The number of carbonyl (C=O) groups excluding carboxylic acids is 2. The molecule has 1 aromatic heterocycles. The predicted octanol–water partition coefficient (Wildman–Crippen LogP) is 3.46. The summed E-state index contributed by atoms with van der Waals surface area (Å²) in [5.41, 5.74) is 0.289. The van der Waals surface area contributed by atoms with Gasteiger partial charge in [-0.25, -0.2) is 9.78 Å². The summed E-state index contributed by atoms with van der Waals surface area (Å²) in [6, 6.07) is 4.92. The minimum absolute atomic E-state index is 0.180. The molecule has 0 saturated carbocycles. The van der Waals surface area contributed by atoms with Crippen LogP contribution in [0.4, 0.5) is 4.79 Å². The summed E-state index contributed by atoms with van der Waals surface area (Å²) in [7, 11) is 1.18. The minimum atomic E-state index is -0.831. The van der Waals surface area contributed by atoms with Gasteiger partial charge in [-0.15, -0.1) is 0 Å². The first-order chi connectivity index (χ1) is 12.7. The third-order valence-electron chi connectivity index (χ3n) is 3.87. The second-order valence-electron chi connectivity index (χ2n) is 6.44. The van der Waals surface area contributed by atoms with Crippen LogP contribution >= 0.6 is 23.4 Å². The molecule has 7 nitrogen and oxygen atoms in total. The Morgan fingerprint density at radius 1 is 1.33 bits per heavy atom. The number of hydrogen-bond acceptors (Lipinski definition) is 6. The molecular weight excluding hydrogens is 390 g/mol. The highest BCUT2D eigenvalue weighted by Gasteiger charge is 2.21. The Bertz CT molecular complexity index is 913. The largest absolute Gasteiger partial charge is 0.453 e. The summed E-state index contributed by atoms with van der Waals surface area (Å²) < 4.78 is 6.01. The number of alkyl carbamates (subject to hydrolysis) is 1. The SMILES string of the molecule is COC(=O)NC(=O)[C@H](C)Sc1nc2cc(Cl)ccc2c(=O)n1CCC(C)C. The molecule has 0 fully saturated rings. The van der Waals surface area contributed by atoms with E-state index in [0.717, 1.165) is 18.2 Å². The maximum Gasteiger partial charge on any atom is 0.413 e. The summed E-state index contributed by atoms with van der Waals surface area (Å²) in [6.07, 6.45) is -0.0420. The number of hydrogen-bond donors (Lipinski definition) is 1. The number of carbonyl (C=O) groups is 2. The Kier molecular flexibility index (Phi) is 7.26. The van der Waals surface area contributed by atoms with Crippen LogP contribution in [0.1, 0.15) is 27.2 Å². The van der Waals surface area contributed by atoms with Crippen molar-refractivity contribution in [2.45, 2.75) is 44.1 Å². The molecule has 9 heteroatoms. The van der Waals surface area contributed by atoms with Crippen molar-refractivity contribution in [1.29, 1.82) is 0 Å². The maximum absolute atomic E-state index is 12.9. The molecule has 0 aliphatic carbocycles. The Morgan fingerprint density at radius 2 is 2.04 bits per heavy atom. The quantitative estimate of drug-likeness (QED) is 0.578. The highest BCUT2D eigenvalue weighted by Crippen LogP contribution is 2.24. The maximum atomic E-state index is 12.9. The van der Waals surface area contributed by atoms with E-state index in [9.17, 15) is 14.4 Å². The number of aromatic nitrogens is 2.